The lowest BCUT2D eigenvalue weighted by molar-refractivity contribution is 0.0455. The number of anilines is 1. The summed E-state index contributed by atoms with van der Waals surface area (Å²) >= 11 is 0. The molecule has 0 fully saturated rings. The lowest BCUT2D eigenvalue weighted by Gasteiger charge is -2.01. The Bertz CT molecular complexity index is 521. The Morgan fingerprint density at radius 1 is 1.53 bits per heavy atom. The SMILES string of the molecule is Cn1nnc(COC(=O)c2ccc(N)cn2)n1. The van der Waals surface area contributed by atoms with Gasteiger partial charge in [-0.3, -0.25) is 0 Å². The molecule has 2 aromatic heterocycles. The van der Waals surface area contributed by atoms with Gasteiger partial charge >= 0.3 is 5.97 Å². The molecule has 8 nitrogen and oxygen atoms in total. The fourth-order valence-corrected chi connectivity index (χ4v) is 1.11. The highest BCUT2D eigenvalue weighted by Crippen LogP contribution is 2.03. The molecule has 0 aliphatic carbocycles. The number of ether oxygens (including phenoxy) is 1. The van der Waals surface area contributed by atoms with Gasteiger partial charge < -0.3 is 10.5 Å². The molecule has 2 aromatic rings. The van der Waals surface area contributed by atoms with Crippen LogP contribution in [0.4, 0.5) is 5.69 Å². The van der Waals surface area contributed by atoms with Gasteiger partial charge in [0.05, 0.1) is 18.9 Å². The highest BCUT2D eigenvalue weighted by Gasteiger charge is 2.10. The number of carbonyl (C=O) groups is 1. The number of tetrazole rings is 1. The van der Waals surface area contributed by atoms with Crippen molar-refractivity contribution in [2.45, 2.75) is 6.61 Å². The molecule has 2 rings (SSSR count). The van der Waals surface area contributed by atoms with Crippen molar-refractivity contribution in [3.05, 3.63) is 29.8 Å². The van der Waals surface area contributed by atoms with Crippen LogP contribution >= 0.6 is 0 Å². The van der Waals surface area contributed by atoms with Gasteiger partial charge in [0, 0.05) is 0 Å². The molecule has 0 amide bonds. The van der Waals surface area contributed by atoms with Gasteiger partial charge in [0.15, 0.2) is 6.61 Å². The molecule has 0 aromatic carbocycles. The van der Waals surface area contributed by atoms with E-state index in [-0.39, 0.29) is 12.3 Å². The molecule has 0 saturated heterocycles. The largest absolute Gasteiger partial charge is 0.453 e. The monoisotopic (exact) mass is 234 g/mol. The standard InChI is InChI=1S/C9H10N6O2/c1-15-13-8(12-14-15)5-17-9(16)7-3-2-6(10)4-11-7/h2-4H,5,10H2,1H3. The van der Waals surface area contributed by atoms with Crippen LogP contribution in [0.2, 0.25) is 0 Å². The maximum Gasteiger partial charge on any atom is 0.357 e. The molecule has 0 saturated carbocycles. The predicted molar refractivity (Wildman–Crippen MR) is 56.6 cm³/mol. The minimum absolute atomic E-state index is 0.0429. The summed E-state index contributed by atoms with van der Waals surface area (Å²) in [6.45, 7) is -0.0429. The molecule has 8 heteroatoms. The first-order valence-electron chi connectivity index (χ1n) is 4.76. The number of hydrogen-bond acceptors (Lipinski definition) is 7. The first-order valence-corrected chi connectivity index (χ1v) is 4.76. The van der Waals surface area contributed by atoms with Crippen molar-refractivity contribution in [2.24, 2.45) is 7.05 Å². The molecular formula is C9H10N6O2. The lowest BCUT2D eigenvalue weighted by atomic mass is 10.3. The van der Waals surface area contributed by atoms with Gasteiger partial charge in [-0.25, -0.2) is 9.78 Å². The number of carbonyl (C=O) groups excluding carboxylic acids is 1. The Morgan fingerprint density at radius 3 is 2.94 bits per heavy atom. The van der Waals surface area contributed by atoms with E-state index in [2.05, 4.69) is 20.4 Å². The van der Waals surface area contributed by atoms with E-state index in [0.717, 1.165) is 0 Å². The molecule has 2 N–H and O–H groups in total. The molecule has 0 radical (unpaired) electrons. The van der Waals surface area contributed by atoms with Crippen LogP contribution in [-0.2, 0) is 18.4 Å². The molecule has 88 valence electrons. The second-order valence-electron chi connectivity index (χ2n) is 3.25. The van der Waals surface area contributed by atoms with Crippen molar-refractivity contribution in [3.8, 4) is 0 Å². The van der Waals surface area contributed by atoms with E-state index in [9.17, 15) is 4.79 Å². The molecule has 0 aliphatic rings. The lowest BCUT2D eigenvalue weighted by Crippen LogP contribution is -2.08. The highest BCUT2D eigenvalue weighted by molar-refractivity contribution is 5.87. The van der Waals surface area contributed by atoms with Gasteiger partial charge in [0.1, 0.15) is 5.69 Å². The van der Waals surface area contributed by atoms with Crippen molar-refractivity contribution in [3.63, 3.8) is 0 Å². The summed E-state index contributed by atoms with van der Waals surface area (Å²) in [5.74, 6) is -0.228. The topological polar surface area (TPSA) is 109 Å². The smallest absolute Gasteiger partial charge is 0.357 e. The van der Waals surface area contributed by atoms with E-state index >= 15 is 0 Å². The average molecular weight is 234 g/mol. The van der Waals surface area contributed by atoms with Crippen molar-refractivity contribution in [1.82, 2.24) is 25.2 Å². The highest BCUT2D eigenvalue weighted by atomic mass is 16.5. The van der Waals surface area contributed by atoms with Crippen molar-refractivity contribution >= 4 is 11.7 Å². The van der Waals surface area contributed by atoms with Crippen LogP contribution in [0.5, 0.6) is 0 Å². The van der Waals surface area contributed by atoms with E-state index in [1.54, 1.807) is 13.1 Å². The van der Waals surface area contributed by atoms with Gasteiger partial charge in [-0.15, -0.1) is 10.2 Å². The van der Waals surface area contributed by atoms with Crippen molar-refractivity contribution in [2.75, 3.05) is 5.73 Å². The molecule has 0 spiro atoms. The van der Waals surface area contributed by atoms with Gasteiger partial charge in [0.2, 0.25) is 5.82 Å². The maximum atomic E-state index is 11.5. The maximum absolute atomic E-state index is 11.5. The number of nitrogen functional groups attached to an aromatic ring is 1. The van der Waals surface area contributed by atoms with Crippen LogP contribution in [0.15, 0.2) is 18.3 Å². The summed E-state index contributed by atoms with van der Waals surface area (Å²) in [5, 5.41) is 11.2. The van der Waals surface area contributed by atoms with Crippen LogP contribution in [0.3, 0.4) is 0 Å². The summed E-state index contributed by atoms with van der Waals surface area (Å²) in [4.78, 5) is 16.6. The second-order valence-corrected chi connectivity index (χ2v) is 3.25. The molecular weight excluding hydrogens is 224 g/mol. The van der Waals surface area contributed by atoms with Crippen LogP contribution in [0.1, 0.15) is 16.3 Å². The summed E-state index contributed by atoms with van der Waals surface area (Å²) in [6.07, 6.45) is 1.39. The Balaban J connectivity index is 1.95. The molecule has 2 heterocycles. The fraction of sp³-hybridized carbons (Fsp3) is 0.222. The summed E-state index contributed by atoms with van der Waals surface area (Å²) in [6, 6.07) is 3.06. The zero-order valence-electron chi connectivity index (χ0n) is 9.07. The quantitative estimate of drug-likeness (QED) is 0.716. The van der Waals surface area contributed by atoms with Crippen LogP contribution in [0, 0.1) is 0 Å². The van der Waals surface area contributed by atoms with Gasteiger partial charge in [-0.05, 0) is 17.3 Å². The van der Waals surface area contributed by atoms with E-state index in [4.69, 9.17) is 10.5 Å². The first kappa shape index (κ1) is 11.0. The Hall–Kier alpha value is -2.51. The van der Waals surface area contributed by atoms with Gasteiger partial charge in [0.25, 0.3) is 0 Å². The first-order chi connectivity index (χ1) is 8.15. The molecule has 0 bridgehead atoms. The third-order valence-corrected chi connectivity index (χ3v) is 1.88. The van der Waals surface area contributed by atoms with E-state index in [1.807, 2.05) is 0 Å². The number of nitrogens with two attached hydrogens (primary N) is 1. The van der Waals surface area contributed by atoms with Crippen LogP contribution in [0.25, 0.3) is 0 Å². The van der Waals surface area contributed by atoms with Gasteiger partial charge in [-0.2, -0.15) is 4.80 Å². The number of nitrogens with zero attached hydrogens (tertiary/aromatic N) is 5. The Kier molecular flexibility index (Phi) is 2.95. The average Bonchev–Trinajstić information content (AvgIpc) is 2.73. The van der Waals surface area contributed by atoms with Crippen molar-refractivity contribution < 1.29 is 9.53 Å². The summed E-state index contributed by atoms with van der Waals surface area (Å²) < 4.78 is 4.95. The minimum atomic E-state index is -0.558. The summed E-state index contributed by atoms with van der Waals surface area (Å²) in [5.41, 5.74) is 6.12. The minimum Gasteiger partial charge on any atom is -0.453 e. The van der Waals surface area contributed by atoms with E-state index in [1.165, 1.54) is 17.1 Å². The third-order valence-electron chi connectivity index (χ3n) is 1.88. The predicted octanol–water partition coefficient (Wildman–Crippen LogP) is -0.456. The molecule has 0 atom stereocenters. The Morgan fingerprint density at radius 2 is 2.35 bits per heavy atom. The number of rotatable bonds is 3. The third kappa shape index (κ3) is 2.74. The molecule has 0 aliphatic heterocycles. The molecule has 17 heavy (non-hydrogen) atoms. The van der Waals surface area contributed by atoms with Crippen LogP contribution < -0.4 is 5.73 Å². The number of pyridine rings is 1. The van der Waals surface area contributed by atoms with E-state index < -0.39 is 5.97 Å². The fourth-order valence-electron chi connectivity index (χ4n) is 1.11. The Labute approximate surface area is 96.4 Å². The number of esters is 1. The van der Waals surface area contributed by atoms with Crippen molar-refractivity contribution in [1.29, 1.82) is 0 Å². The van der Waals surface area contributed by atoms with E-state index in [0.29, 0.717) is 11.5 Å². The zero-order valence-corrected chi connectivity index (χ0v) is 9.07. The van der Waals surface area contributed by atoms with Gasteiger partial charge in [-0.1, -0.05) is 0 Å². The number of hydrogen-bond donors (Lipinski definition) is 1. The number of aromatic nitrogens is 5. The number of aryl methyl sites for hydroxylation is 1. The normalized spacial score (nSPS) is 10.2. The second kappa shape index (κ2) is 4.56. The summed E-state index contributed by atoms with van der Waals surface area (Å²) in [7, 11) is 1.62. The molecule has 0 unspecified atom stereocenters. The zero-order chi connectivity index (χ0) is 12.3. The van der Waals surface area contributed by atoms with Crippen LogP contribution in [-0.4, -0.2) is 31.2 Å².